The number of nitrogens with zero attached hydrogens (tertiary/aromatic N) is 1. The maximum absolute atomic E-state index is 13.4. The molecule has 0 saturated heterocycles. The Morgan fingerprint density at radius 1 is 1.56 bits per heavy atom. The van der Waals surface area contributed by atoms with E-state index in [1.807, 2.05) is 0 Å². The average Bonchev–Trinajstić information content (AvgIpc) is 2.28. The highest BCUT2D eigenvalue weighted by Crippen LogP contribution is 2.22. The topological polar surface area (TPSA) is 69.4 Å². The van der Waals surface area contributed by atoms with Gasteiger partial charge in [0.15, 0.2) is 0 Å². The van der Waals surface area contributed by atoms with Gasteiger partial charge in [0.2, 0.25) is 5.82 Å². The first kappa shape index (κ1) is 13.8. The zero-order valence-electron chi connectivity index (χ0n) is 9.97. The van der Waals surface area contributed by atoms with Crippen LogP contribution in [0.4, 0.5) is 10.1 Å². The third-order valence-electron chi connectivity index (χ3n) is 2.22. The number of esters is 1. The molecular formula is C12H12FNO4. The second-order valence-electron chi connectivity index (χ2n) is 3.50. The number of rotatable bonds is 4. The first-order valence-electron chi connectivity index (χ1n) is 5.25. The zero-order chi connectivity index (χ0) is 13.7. The van der Waals surface area contributed by atoms with Crippen LogP contribution in [0.25, 0.3) is 5.57 Å². The molecule has 0 atom stereocenters. The van der Waals surface area contributed by atoms with Gasteiger partial charge in [0.05, 0.1) is 11.5 Å². The van der Waals surface area contributed by atoms with Crippen LogP contribution in [-0.4, -0.2) is 17.5 Å². The molecule has 0 fully saturated rings. The predicted molar refractivity (Wildman–Crippen MR) is 63.3 cm³/mol. The lowest BCUT2D eigenvalue weighted by atomic mass is 10.1. The van der Waals surface area contributed by atoms with E-state index in [-0.39, 0.29) is 6.61 Å². The van der Waals surface area contributed by atoms with Crippen LogP contribution in [0.3, 0.4) is 0 Å². The van der Waals surface area contributed by atoms with Crippen molar-refractivity contribution in [2.24, 2.45) is 0 Å². The molecule has 0 unspecified atom stereocenters. The number of halogens is 1. The lowest BCUT2D eigenvalue weighted by Crippen LogP contribution is -2.00. The predicted octanol–water partition coefficient (Wildman–Crippen LogP) is 2.70. The van der Waals surface area contributed by atoms with Gasteiger partial charge < -0.3 is 4.74 Å². The molecule has 6 heteroatoms. The summed E-state index contributed by atoms with van der Waals surface area (Å²) in [6.07, 6.45) is 1.21. The minimum Gasteiger partial charge on any atom is -0.463 e. The summed E-state index contributed by atoms with van der Waals surface area (Å²) >= 11 is 0. The maximum atomic E-state index is 13.4. The largest absolute Gasteiger partial charge is 0.463 e. The van der Waals surface area contributed by atoms with Crippen molar-refractivity contribution in [2.75, 3.05) is 6.61 Å². The van der Waals surface area contributed by atoms with Gasteiger partial charge in [-0.2, -0.15) is 4.39 Å². The minimum atomic E-state index is -0.936. The number of benzene rings is 1. The molecule has 1 rings (SSSR count). The van der Waals surface area contributed by atoms with Crippen LogP contribution in [0, 0.1) is 15.9 Å². The van der Waals surface area contributed by atoms with Gasteiger partial charge >= 0.3 is 11.7 Å². The third-order valence-corrected chi connectivity index (χ3v) is 2.22. The summed E-state index contributed by atoms with van der Waals surface area (Å²) in [5.74, 6) is -1.47. The first-order valence-corrected chi connectivity index (χ1v) is 5.25. The molecule has 0 aliphatic carbocycles. The van der Waals surface area contributed by atoms with E-state index in [1.54, 1.807) is 13.8 Å². The summed E-state index contributed by atoms with van der Waals surface area (Å²) in [5, 5.41) is 10.4. The first-order chi connectivity index (χ1) is 8.45. The van der Waals surface area contributed by atoms with Gasteiger partial charge in [-0.25, -0.2) is 4.79 Å². The van der Waals surface area contributed by atoms with Crippen LogP contribution in [0.1, 0.15) is 19.4 Å². The SMILES string of the molecule is CCOC(=O)/C=C(\C)c1ccc([N+](=O)[O-])c(F)c1. The smallest absolute Gasteiger partial charge is 0.331 e. The lowest BCUT2D eigenvalue weighted by molar-refractivity contribution is -0.387. The number of nitro groups is 1. The summed E-state index contributed by atoms with van der Waals surface area (Å²) in [5.41, 5.74) is 0.274. The van der Waals surface area contributed by atoms with Crippen LogP contribution < -0.4 is 0 Å². The molecule has 0 heterocycles. The molecule has 18 heavy (non-hydrogen) atoms. The zero-order valence-corrected chi connectivity index (χ0v) is 9.97. The molecule has 0 amide bonds. The molecule has 1 aromatic carbocycles. The normalized spacial score (nSPS) is 11.2. The Hall–Kier alpha value is -2.24. The van der Waals surface area contributed by atoms with Gasteiger partial charge in [0.25, 0.3) is 0 Å². The van der Waals surface area contributed by atoms with E-state index >= 15 is 0 Å². The molecule has 1 aromatic rings. The molecule has 0 spiro atoms. The Morgan fingerprint density at radius 3 is 2.72 bits per heavy atom. The molecule has 0 aromatic heterocycles. The van der Waals surface area contributed by atoms with E-state index in [0.29, 0.717) is 11.1 Å². The van der Waals surface area contributed by atoms with E-state index in [2.05, 4.69) is 0 Å². The monoisotopic (exact) mass is 253 g/mol. The van der Waals surface area contributed by atoms with E-state index in [4.69, 9.17) is 4.74 Å². The summed E-state index contributed by atoms with van der Waals surface area (Å²) in [6.45, 7) is 3.52. The standard InChI is InChI=1S/C12H12FNO4/c1-3-18-12(15)6-8(2)9-4-5-11(14(16)17)10(13)7-9/h4-7H,3H2,1-2H3/b8-6+. The Labute approximate surface area is 103 Å². The van der Waals surface area contributed by atoms with Crippen LogP contribution >= 0.6 is 0 Å². The highest BCUT2D eigenvalue weighted by molar-refractivity contribution is 5.90. The van der Waals surface area contributed by atoms with Crippen molar-refractivity contribution in [2.45, 2.75) is 13.8 Å². The summed E-state index contributed by atoms with van der Waals surface area (Å²) in [4.78, 5) is 20.8. The van der Waals surface area contributed by atoms with Crippen molar-refractivity contribution < 1.29 is 18.8 Å². The van der Waals surface area contributed by atoms with Crippen LogP contribution in [0.15, 0.2) is 24.3 Å². The number of ether oxygens (including phenoxy) is 1. The molecule has 0 N–H and O–H groups in total. The second-order valence-corrected chi connectivity index (χ2v) is 3.50. The molecule has 96 valence electrons. The van der Waals surface area contributed by atoms with Crippen molar-refractivity contribution >= 4 is 17.2 Å². The van der Waals surface area contributed by atoms with Gasteiger partial charge in [0, 0.05) is 12.1 Å². The van der Waals surface area contributed by atoms with Crippen molar-refractivity contribution in [3.63, 3.8) is 0 Å². The fourth-order valence-corrected chi connectivity index (χ4v) is 1.34. The number of carbonyl (C=O) groups excluding carboxylic acids is 1. The van der Waals surface area contributed by atoms with E-state index in [9.17, 15) is 19.3 Å². The Morgan fingerprint density at radius 2 is 2.22 bits per heavy atom. The number of allylic oxidation sites excluding steroid dienone is 1. The van der Waals surface area contributed by atoms with E-state index in [0.717, 1.165) is 12.1 Å². The van der Waals surface area contributed by atoms with Crippen LogP contribution in [0.2, 0.25) is 0 Å². The quantitative estimate of drug-likeness (QED) is 0.358. The second kappa shape index (κ2) is 5.90. The van der Waals surface area contributed by atoms with Crippen molar-refractivity contribution in [1.82, 2.24) is 0 Å². The molecule has 5 nitrogen and oxygen atoms in total. The number of carbonyl (C=O) groups is 1. The Kier molecular flexibility index (Phi) is 4.53. The molecule has 0 bridgehead atoms. The Bertz CT molecular complexity index is 511. The highest BCUT2D eigenvalue weighted by Gasteiger charge is 2.14. The van der Waals surface area contributed by atoms with Gasteiger partial charge in [-0.3, -0.25) is 10.1 Å². The summed E-state index contributed by atoms with van der Waals surface area (Å²) in [7, 11) is 0. The van der Waals surface area contributed by atoms with Crippen molar-refractivity contribution in [1.29, 1.82) is 0 Å². The number of hydrogen-bond donors (Lipinski definition) is 0. The van der Waals surface area contributed by atoms with Crippen molar-refractivity contribution in [3.05, 3.63) is 45.8 Å². The fourth-order valence-electron chi connectivity index (χ4n) is 1.34. The lowest BCUT2D eigenvalue weighted by Gasteiger charge is -2.02. The molecule has 0 saturated carbocycles. The van der Waals surface area contributed by atoms with Gasteiger partial charge in [0.1, 0.15) is 0 Å². The maximum Gasteiger partial charge on any atom is 0.331 e. The summed E-state index contributed by atoms with van der Waals surface area (Å²) in [6, 6.07) is 3.46. The fraction of sp³-hybridized carbons (Fsp3) is 0.250. The van der Waals surface area contributed by atoms with Crippen LogP contribution in [-0.2, 0) is 9.53 Å². The molecule has 0 aliphatic rings. The van der Waals surface area contributed by atoms with E-state index < -0.39 is 22.4 Å². The van der Waals surface area contributed by atoms with E-state index in [1.165, 1.54) is 12.1 Å². The average molecular weight is 253 g/mol. The number of nitro benzene ring substituents is 1. The highest BCUT2D eigenvalue weighted by atomic mass is 19.1. The molecule has 0 aliphatic heterocycles. The third kappa shape index (κ3) is 3.38. The van der Waals surface area contributed by atoms with Gasteiger partial charge in [-0.15, -0.1) is 0 Å². The molecule has 0 radical (unpaired) electrons. The van der Waals surface area contributed by atoms with Crippen molar-refractivity contribution in [3.8, 4) is 0 Å². The van der Waals surface area contributed by atoms with Gasteiger partial charge in [-0.1, -0.05) is 0 Å². The summed E-state index contributed by atoms with van der Waals surface area (Å²) < 4.78 is 18.1. The van der Waals surface area contributed by atoms with Gasteiger partial charge in [-0.05, 0) is 37.1 Å². The molecular weight excluding hydrogens is 241 g/mol. The van der Waals surface area contributed by atoms with Crippen LogP contribution in [0.5, 0.6) is 0 Å². The number of hydrogen-bond acceptors (Lipinski definition) is 4. The Balaban J connectivity index is 3.01. The minimum absolute atomic E-state index is 0.247.